The van der Waals surface area contributed by atoms with Gasteiger partial charge >= 0.3 is 12.0 Å². The van der Waals surface area contributed by atoms with Gasteiger partial charge in [-0.3, -0.25) is 9.69 Å². The number of fused-ring (bicyclic) bond motifs is 1. The van der Waals surface area contributed by atoms with Gasteiger partial charge in [0.15, 0.2) is 0 Å². The van der Waals surface area contributed by atoms with Gasteiger partial charge in [-0.2, -0.15) is 0 Å². The third-order valence-electron chi connectivity index (χ3n) is 6.17. The number of nitrogens with zero attached hydrogens (tertiary/aromatic N) is 2. The van der Waals surface area contributed by atoms with Crippen LogP contribution in [-0.4, -0.2) is 47.9 Å². The normalized spacial score (nSPS) is 15.2. The van der Waals surface area contributed by atoms with Crippen molar-refractivity contribution in [1.29, 1.82) is 0 Å². The molecule has 8 nitrogen and oxygen atoms in total. The minimum Gasteiger partial charge on any atom is -0.486 e. The number of hydrogen-bond acceptors (Lipinski definition) is 5. The number of pyridine rings is 1. The minimum atomic E-state index is -1.00. The van der Waals surface area contributed by atoms with Crippen molar-refractivity contribution in [2.45, 2.75) is 65.9 Å². The average molecular weight is 484 g/mol. The molecule has 1 unspecified atom stereocenters. The van der Waals surface area contributed by atoms with E-state index in [9.17, 15) is 14.7 Å². The van der Waals surface area contributed by atoms with Crippen molar-refractivity contribution < 1.29 is 24.2 Å². The second-order valence-electron chi connectivity index (χ2n) is 9.60. The molecule has 35 heavy (non-hydrogen) atoms. The first-order valence-electron chi connectivity index (χ1n) is 12.4. The van der Waals surface area contributed by atoms with Crippen LogP contribution in [0.5, 0.6) is 11.6 Å². The average Bonchev–Trinajstić information content (AvgIpc) is 2.86. The first kappa shape index (κ1) is 26.3. The maximum Gasteiger partial charge on any atom is 0.322 e. The first-order chi connectivity index (χ1) is 16.7. The summed E-state index contributed by atoms with van der Waals surface area (Å²) in [5.74, 6) is 0.114. The number of aliphatic carboxylic acids is 1. The van der Waals surface area contributed by atoms with Crippen molar-refractivity contribution in [1.82, 2.24) is 10.3 Å². The molecule has 0 saturated carbocycles. The highest BCUT2D eigenvalue weighted by atomic mass is 16.5. The summed E-state index contributed by atoms with van der Waals surface area (Å²) in [6.45, 7) is 8.65. The zero-order valence-corrected chi connectivity index (χ0v) is 21.2. The van der Waals surface area contributed by atoms with Gasteiger partial charge < -0.3 is 19.9 Å². The molecule has 0 spiro atoms. The fourth-order valence-electron chi connectivity index (χ4n) is 3.73. The van der Waals surface area contributed by atoms with E-state index in [2.05, 4.69) is 24.1 Å². The van der Waals surface area contributed by atoms with E-state index in [1.807, 2.05) is 24.3 Å². The topological polar surface area (TPSA) is 101 Å². The van der Waals surface area contributed by atoms with Crippen LogP contribution in [0.15, 0.2) is 36.5 Å². The van der Waals surface area contributed by atoms with E-state index in [0.717, 1.165) is 36.1 Å². The molecule has 0 aliphatic carbocycles. The van der Waals surface area contributed by atoms with Crippen molar-refractivity contribution in [2.75, 3.05) is 24.6 Å². The van der Waals surface area contributed by atoms with E-state index < -0.39 is 11.4 Å². The van der Waals surface area contributed by atoms with Gasteiger partial charge in [0.1, 0.15) is 18.5 Å². The number of carbonyl (C=O) groups excluding carboxylic acids is 1. The molecule has 1 aromatic heterocycles. The predicted octanol–water partition coefficient (Wildman–Crippen LogP) is 5.51. The molecule has 1 atom stereocenters. The lowest BCUT2D eigenvalue weighted by Crippen LogP contribution is -2.48. The monoisotopic (exact) mass is 483 g/mol. The Labute approximate surface area is 207 Å². The second kappa shape index (κ2) is 11.9. The third-order valence-corrected chi connectivity index (χ3v) is 6.17. The van der Waals surface area contributed by atoms with Gasteiger partial charge in [0, 0.05) is 24.4 Å². The predicted molar refractivity (Wildman–Crippen MR) is 136 cm³/mol. The molecular weight excluding hydrogens is 446 g/mol. The fourth-order valence-corrected chi connectivity index (χ4v) is 3.73. The number of nitrogens with one attached hydrogen (secondary N) is 1. The zero-order chi connectivity index (χ0) is 25.4. The summed E-state index contributed by atoms with van der Waals surface area (Å²) in [5.41, 5.74) is 1.53. The van der Waals surface area contributed by atoms with Crippen LogP contribution in [0.1, 0.15) is 59.8 Å². The van der Waals surface area contributed by atoms with Crippen LogP contribution >= 0.6 is 0 Å². The summed E-state index contributed by atoms with van der Waals surface area (Å²) in [4.78, 5) is 30.3. The molecule has 0 radical (unpaired) electrons. The van der Waals surface area contributed by atoms with Crippen LogP contribution < -0.4 is 19.7 Å². The Morgan fingerprint density at radius 1 is 1.17 bits per heavy atom. The maximum atomic E-state index is 12.9. The van der Waals surface area contributed by atoms with Crippen LogP contribution in [0.4, 0.5) is 10.5 Å². The SMILES string of the molecule is CCCCCCNC(=O)N1CC(CC)Oc2cc(-c3ccc(OCC(C)(C)C(=O)O)nc3)ccc21. The van der Waals surface area contributed by atoms with Crippen molar-refractivity contribution in [3.8, 4) is 22.8 Å². The molecule has 190 valence electrons. The number of rotatable bonds is 11. The fraction of sp³-hybridized carbons (Fsp3) is 0.519. The minimum absolute atomic E-state index is 0.0241. The molecule has 1 aromatic carbocycles. The van der Waals surface area contributed by atoms with E-state index in [0.29, 0.717) is 24.7 Å². The summed E-state index contributed by atoms with van der Waals surface area (Å²) in [7, 11) is 0. The number of ether oxygens (including phenoxy) is 2. The molecule has 0 saturated heterocycles. The summed E-state index contributed by atoms with van der Waals surface area (Å²) >= 11 is 0. The van der Waals surface area contributed by atoms with E-state index in [1.165, 1.54) is 12.8 Å². The van der Waals surface area contributed by atoms with Crippen molar-refractivity contribution in [3.05, 3.63) is 36.5 Å². The largest absolute Gasteiger partial charge is 0.486 e. The number of carboxylic acid groups (broad SMARTS) is 1. The van der Waals surface area contributed by atoms with Gasteiger partial charge in [-0.05, 0) is 50.5 Å². The number of urea groups is 1. The number of carbonyl (C=O) groups is 2. The summed E-state index contributed by atoms with van der Waals surface area (Å²) in [5, 5.41) is 12.3. The lowest BCUT2D eigenvalue weighted by molar-refractivity contribution is -0.148. The van der Waals surface area contributed by atoms with Crippen molar-refractivity contribution >= 4 is 17.7 Å². The number of unbranched alkanes of at least 4 members (excludes halogenated alkanes) is 3. The zero-order valence-electron chi connectivity index (χ0n) is 21.2. The molecule has 2 heterocycles. The Balaban J connectivity index is 1.71. The Hall–Kier alpha value is -3.29. The summed E-state index contributed by atoms with van der Waals surface area (Å²) in [6, 6.07) is 9.29. The van der Waals surface area contributed by atoms with Crippen LogP contribution in [-0.2, 0) is 4.79 Å². The number of carboxylic acids is 1. The number of aromatic nitrogens is 1. The lowest BCUT2D eigenvalue weighted by Gasteiger charge is -2.35. The van der Waals surface area contributed by atoms with E-state index in [1.54, 1.807) is 31.0 Å². The third kappa shape index (κ3) is 6.87. The van der Waals surface area contributed by atoms with Gasteiger partial charge in [0.2, 0.25) is 5.88 Å². The smallest absolute Gasteiger partial charge is 0.322 e. The van der Waals surface area contributed by atoms with Crippen molar-refractivity contribution in [3.63, 3.8) is 0 Å². The molecule has 8 heteroatoms. The Bertz CT molecular complexity index is 1010. The highest BCUT2D eigenvalue weighted by Gasteiger charge is 2.30. The number of amides is 2. The molecule has 3 rings (SSSR count). The molecule has 0 bridgehead atoms. The van der Waals surface area contributed by atoms with Crippen LogP contribution in [0.25, 0.3) is 11.1 Å². The van der Waals surface area contributed by atoms with Gasteiger partial charge in [-0.1, -0.05) is 39.2 Å². The standard InChI is InChI=1S/C27H37N3O5/c1-5-7-8-9-14-28-26(33)30-17-21(6-2)35-23-15-19(10-12-22(23)30)20-11-13-24(29-16-20)34-18-27(3,4)25(31)32/h10-13,15-16,21H,5-9,14,17-18H2,1-4H3,(H,28,33)(H,31,32). The summed E-state index contributed by atoms with van der Waals surface area (Å²) < 4.78 is 11.7. The van der Waals surface area contributed by atoms with E-state index >= 15 is 0 Å². The highest BCUT2D eigenvalue weighted by Crippen LogP contribution is 2.37. The van der Waals surface area contributed by atoms with Crippen LogP contribution in [0, 0.1) is 5.41 Å². The Kier molecular flexibility index (Phi) is 8.95. The molecule has 0 fully saturated rings. The Morgan fingerprint density at radius 3 is 2.60 bits per heavy atom. The van der Waals surface area contributed by atoms with Gasteiger partial charge in [-0.25, -0.2) is 9.78 Å². The summed E-state index contributed by atoms with van der Waals surface area (Å²) in [6.07, 6.45) is 6.85. The second-order valence-corrected chi connectivity index (χ2v) is 9.60. The molecule has 2 amide bonds. The van der Waals surface area contributed by atoms with Crippen LogP contribution in [0.3, 0.4) is 0 Å². The molecule has 1 aliphatic heterocycles. The van der Waals surface area contributed by atoms with Crippen molar-refractivity contribution in [2.24, 2.45) is 5.41 Å². The quantitative estimate of drug-likeness (QED) is 0.409. The number of benzene rings is 1. The van der Waals surface area contributed by atoms with E-state index in [4.69, 9.17) is 9.47 Å². The Morgan fingerprint density at radius 2 is 1.94 bits per heavy atom. The molecule has 2 N–H and O–H groups in total. The molecule has 2 aromatic rings. The molecular formula is C27H37N3O5. The van der Waals surface area contributed by atoms with Gasteiger partial charge in [-0.15, -0.1) is 0 Å². The maximum absolute atomic E-state index is 12.9. The van der Waals surface area contributed by atoms with E-state index in [-0.39, 0.29) is 18.7 Å². The number of hydrogen-bond donors (Lipinski definition) is 2. The van der Waals surface area contributed by atoms with Gasteiger partial charge in [0.05, 0.1) is 17.6 Å². The first-order valence-corrected chi connectivity index (χ1v) is 12.4. The van der Waals surface area contributed by atoms with Gasteiger partial charge in [0.25, 0.3) is 0 Å². The number of anilines is 1. The molecule has 1 aliphatic rings. The lowest BCUT2D eigenvalue weighted by atomic mass is 9.95. The van der Waals surface area contributed by atoms with Crippen LogP contribution in [0.2, 0.25) is 0 Å². The highest BCUT2D eigenvalue weighted by molar-refractivity contribution is 5.94.